The average Bonchev–Trinajstić information content (AvgIpc) is 2.50. The molecule has 0 spiro atoms. The minimum absolute atomic E-state index is 0.0733. The summed E-state index contributed by atoms with van der Waals surface area (Å²) in [4.78, 5) is 39.3. The molecule has 0 aliphatic carbocycles. The van der Waals surface area contributed by atoms with Crippen LogP contribution in [-0.4, -0.2) is 39.8 Å². The van der Waals surface area contributed by atoms with Crippen molar-refractivity contribution in [3.05, 3.63) is 23.9 Å². The number of carboxylic acids is 1. The third-order valence-corrected chi connectivity index (χ3v) is 3.37. The van der Waals surface area contributed by atoms with Gasteiger partial charge in [0.25, 0.3) is 0 Å². The topological polar surface area (TPSA) is 115 Å². The maximum absolute atomic E-state index is 12.1. The first kappa shape index (κ1) is 21.4. The van der Waals surface area contributed by atoms with Crippen molar-refractivity contribution in [1.82, 2.24) is 4.98 Å². The Morgan fingerprint density at radius 2 is 1.96 bits per heavy atom. The molecule has 0 aromatic carbocycles. The van der Waals surface area contributed by atoms with Crippen molar-refractivity contribution in [2.24, 2.45) is 5.92 Å². The van der Waals surface area contributed by atoms with E-state index >= 15 is 0 Å². The molecule has 0 fully saturated rings. The second-order valence-electron chi connectivity index (χ2n) is 6.93. The molecule has 0 aliphatic heterocycles. The van der Waals surface area contributed by atoms with Crippen molar-refractivity contribution in [2.75, 3.05) is 5.32 Å². The molecule has 0 bridgehead atoms. The highest BCUT2D eigenvalue weighted by molar-refractivity contribution is 5.94. The molecule has 8 heteroatoms. The normalized spacial score (nSPS) is 13.4. The Balaban J connectivity index is 2.83. The van der Waals surface area contributed by atoms with E-state index in [1.165, 1.54) is 12.3 Å². The zero-order valence-corrected chi connectivity index (χ0v) is 15.7. The standard InChI is InChI=1S/C18H26N2O6/c1-6-11(2)25-16(23)13(15(21)22)9-12-7-8-19-14(10-12)20-17(24)26-18(3,4)5/h7-8,10-11,13H,6,9H2,1-5H3,(H,21,22)(H,19,20,24). The number of aromatic nitrogens is 1. The summed E-state index contributed by atoms with van der Waals surface area (Å²) < 4.78 is 10.3. The highest BCUT2D eigenvalue weighted by Crippen LogP contribution is 2.16. The molecule has 0 saturated carbocycles. The number of ether oxygens (including phenoxy) is 2. The summed E-state index contributed by atoms with van der Waals surface area (Å²) in [6.45, 7) is 8.74. The van der Waals surface area contributed by atoms with Crippen LogP contribution in [0.4, 0.5) is 10.6 Å². The van der Waals surface area contributed by atoms with Gasteiger partial charge < -0.3 is 14.6 Å². The number of nitrogens with zero attached hydrogens (tertiary/aromatic N) is 1. The predicted molar refractivity (Wildman–Crippen MR) is 94.8 cm³/mol. The smallest absolute Gasteiger partial charge is 0.413 e. The summed E-state index contributed by atoms with van der Waals surface area (Å²) in [5, 5.41) is 11.8. The molecule has 1 heterocycles. The van der Waals surface area contributed by atoms with Gasteiger partial charge in [-0.1, -0.05) is 6.92 Å². The van der Waals surface area contributed by atoms with Gasteiger partial charge in [-0.3, -0.25) is 14.9 Å². The first-order chi connectivity index (χ1) is 12.0. The number of amides is 1. The molecule has 1 rings (SSSR count). The monoisotopic (exact) mass is 366 g/mol. The van der Waals surface area contributed by atoms with Crippen molar-refractivity contribution >= 4 is 23.8 Å². The van der Waals surface area contributed by atoms with Gasteiger partial charge in [-0.15, -0.1) is 0 Å². The molecule has 144 valence electrons. The van der Waals surface area contributed by atoms with E-state index in [0.717, 1.165) is 0 Å². The maximum Gasteiger partial charge on any atom is 0.413 e. The van der Waals surface area contributed by atoms with Crippen LogP contribution in [0.25, 0.3) is 0 Å². The number of carboxylic acid groups (broad SMARTS) is 1. The maximum atomic E-state index is 12.1. The van der Waals surface area contributed by atoms with Crippen molar-refractivity contribution in [3.63, 3.8) is 0 Å². The van der Waals surface area contributed by atoms with Gasteiger partial charge >= 0.3 is 18.0 Å². The second kappa shape index (κ2) is 9.17. The Morgan fingerprint density at radius 1 is 1.31 bits per heavy atom. The fourth-order valence-electron chi connectivity index (χ4n) is 1.95. The lowest BCUT2D eigenvalue weighted by Gasteiger charge is -2.19. The molecular weight excluding hydrogens is 340 g/mol. The van der Waals surface area contributed by atoms with Crippen LogP contribution in [0.15, 0.2) is 18.3 Å². The molecule has 26 heavy (non-hydrogen) atoms. The number of rotatable bonds is 7. The van der Waals surface area contributed by atoms with Crippen LogP contribution >= 0.6 is 0 Å². The summed E-state index contributed by atoms with van der Waals surface area (Å²) >= 11 is 0. The Morgan fingerprint density at radius 3 is 2.50 bits per heavy atom. The van der Waals surface area contributed by atoms with E-state index in [1.807, 2.05) is 6.92 Å². The van der Waals surface area contributed by atoms with Crippen molar-refractivity contribution < 1.29 is 29.0 Å². The van der Waals surface area contributed by atoms with Gasteiger partial charge in [0, 0.05) is 6.20 Å². The Hall–Kier alpha value is -2.64. The molecule has 0 aliphatic rings. The number of carbonyl (C=O) groups is 3. The van der Waals surface area contributed by atoms with Gasteiger partial charge in [0.2, 0.25) is 0 Å². The molecular formula is C18H26N2O6. The van der Waals surface area contributed by atoms with E-state index in [4.69, 9.17) is 9.47 Å². The molecule has 1 aromatic rings. The lowest BCUT2D eigenvalue weighted by atomic mass is 10.00. The first-order valence-corrected chi connectivity index (χ1v) is 8.40. The number of aliphatic carboxylic acids is 1. The van der Waals surface area contributed by atoms with Crippen LogP contribution in [-0.2, 0) is 25.5 Å². The number of hydrogen-bond donors (Lipinski definition) is 2. The number of esters is 1. The third-order valence-electron chi connectivity index (χ3n) is 3.37. The highest BCUT2D eigenvalue weighted by atomic mass is 16.6. The van der Waals surface area contributed by atoms with Gasteiger partial charge in [0.05, 0.1) is 6.10 Å². The minimum Gasteiger partial charge on any atom is -0.481 e. The van der Waals surface area contributed by atoms with E-state index < -0.39 is 29.6 Å². The summed E-state index contributed by atoms with van der Waals surface area (Å²) in [7, 11) is 0. The molecule has 2 unspecified atom stereocenters. The van der Waals surface area contributed by atoms with E-state index in [0.29, 0.717) is 12.0 Å². The molecule has 1 aromatic heterocycles. The molecule has 1 amide bonds. The number of nitrogens with one attached hydrogen (secondary N) is 1. The van der Waals surface area contributed by atoms with E-state index in [9.17, 15) is 19.5 Å². The van der Waals surface area contributed by atoms with Crippen LogP contribution in [0.3, 0.4) is 0 Å². The SMILES string of the molecule is CCC(C)OC(=O)C(Cc1ccnc(NC(=O)OC(C)(C)C)c1)C(=O)O. The molecule has 0 saturated heterocycles. The summed E-state index contributed by atoms with van der Waals surface area (Å²) in [6, 6.07) is 3.07. The van der Waals surface area contributed by atoms with Gasteiger partial charge in [-0.2, -0.15) is 0 Å². The van der Waals surface area contributed by atoms with Crippen LogP contribution in [0.5, 0.6) is 0 Å². The Bertz CT molecular complexity index is 653. The van der Waals surface area contributed by atoms with Crippen molar-refractivity contribution in [1.29, 1.82) is 0 Å². The van der Waals surface area contributed by atoms with E-state index in [2.05, 4.69) is 10.3 Å². The van der Waals surface area contributed by atoms with E-state index in [-0.39, 0.29) is 18.3 Å². The van der Waals surface area contributed by atoms with Crippen molar-refractivity contribution in [3.8, 4) is 0 Å². The minimum atomic E-state index is -1.33. The van der Waals surface area contributed by atoms with Crippen LogP contribution < -0.4 is 5.32 Å². The highest BCUT2D eigenvalue weighted by Gasteiger charge is 2.29. The van der Waals surface area contributed by atoms with Crippen molar-refractivity contribution in [2.45, 2.75) is 59.2 Å². The summed E-state index contributed by atoms with van der Waals surface area (Å²) in [6.07, 6.45) is 0.910. The molecule has 8 nitrogen and oxygen atoms in total. The lowest BCUT2D eigenvalue weighted by molar-refractivity contribution is -0.161. The van der Waals surface area contributed by atoms with Crippen LogP contribution in [0.2, 0.25) is 0 Å². The Kier molecular flexibility index (Phi) is 7.55. The molecule has 2 N–H and O–H groups in total. The van der Waals surface area contributed by atoms with Crippen LogP contribution in [0.1, 0.15) is 46.6 Å². The first-order valence-electron chi connectivity index (χ1n) is 8.40. The summed E-state index contributed by atoms with van der Waals surface area (Å²) in [5.41, 5.74) is -0.130. The zero-order chi connectivity index (χ0) is 19.9. The van der Waals surface area contributed by atoms with Gasteiger partial charge in [-0.05, 0) is 58.2 Å². The Labute approximate surface area is 152 Å². The predicted octanol–water partition coefficient (Wildman–Crippen LogP) is 3.01. The molecule has 2 atom stereocenters. The van der Waals surface area contributed by atoms with Gasteiger partial charge in [0.1, 0.15) is 11.4 Å². The van der Waals surface area contributed by atoms with Crippen LogP contribution in [0, 0.1) is 5.92 Å². The number of anilines is 1. The third kappa shape index (κ3) is 7.50. The van der Waals surface area contributed by atoms with E-state index in [1.54, 1.807) is 33.8 Å². The largest absolute Gasteiger partial charge is 0.481 e. The quantitative estimate of drug-likeness (QED) is 0.563. The van der Waals surface area contributed by atoms with Gasteiger partial charge in [0.15, 0.2) is 5.92 Å². The number of pyridine rings is 1. The fraction of sp³-hybridized carbons (Fsp3) is 0.556. The number of hydrogen-bond acceptors (Lipinski definition) is 6. The van der Waals surface area contributed by atoms with Gasteiger partial charge in [-0.25, -0.2) is 9.78 Å². The zero-order valence-electron chi connectivity index (χ0n) is 15.7. The fourth-order valence-corrected chi connectivity index (χ4v) is 1.95. The lowest BCUT2D eigenvalue weighted by Crippen LogP contribution is -2.30. The second-order valence-corrected chi connectivity index (χ2v) is 6.93. The number of carbonyl (C=O) groups excluding carboxylic acids is 2. The average molecular weight is 366 g/mol. The summed E-state index contributed by atoms with van der Waals surface area (Å²) in [5.74, 6) is -3.18. The molecule has 0 radical (unpaired) electrons.